The number of hydrogen-bond acceptors (Lipinski definition) is 7. The van der Waals surface area contributed by atoms with Crippen LogP contribution in [0, 0.1) is 0 Å². The molecule has 2 atom stereocenters. The van der Waals surface area contributed by atoms with Gasteiger partial charge in [0.1, 0.15) is 13.2 Å². The molecule has 0 heterocycles. The van der Waals surface area contributed by atoms with E-state index in [2.05, 4.69) is 13.8 Å². The average molecular weight is 1370 g/mol. The number of unbranched alkanes of at least 4 members (excludes halogenated alkanes) is 70. The van der Waals surface area contributed by atoms with Crippen LogP contribution in [0.1, 0.15) is 489 Å². The van der Waals surface area contributed by atoms with E-state index in [1.807, 2.05) is 21.1 Å². The number of carbonyl (C=O) groups excluding carboxylic acids is 2. The van der Waals surface area contributed by atoms with Crippen LogP contribution in [0.4, 0.5) is 0 Å². The first-order chi connectivity index (χ1) is 47.6. The zero-order valence-corrected chi connectivity index (χ0v) is 66.6. The van der Waals surface area contributed by atoms with E-state index >= 15 is 0 Å². The standard InChI is InChI=1S/C88H173NO8/c1-6-8-10-12-14-16-18-20-22-24-26-28-30-32-34-36-38-40-42-44-46-48-50-52-54-56-58-60-62-64-66-68-70-72-74-76-78-85(90)95-82-84(83-96-88(87(92)93)94-81-80-89(3,4)5)97-86(91)79-77-75-73-71-69-67-65-63-61-59-57-55-53-51-49-47-45-43-41-39-37-35-33-31-29-27-25-23-21-19-17-15-13-11-9-7-2/h84,88H,6-83H2,1-5H3/p+1. The summed E-state index contributed by atoms with van der Waals surface area (Å²) in [6.07, 6.45) is 97.4. The molecule has 0 spiro atoms. The van der Waals surface area contributed by atoms with Crippen molar-refractivity contribution < 1.29 is 42.9 Å². The highest BCUT2D eigenvalue weighted by atomic mass is 16.7. The molecule has 0 saturated heterocycles. The van der Waals surface area contributed by atoms with Crippen molar-refractivity contribution in [1.82, 2.24) is 0 Å². The molecule has 0 saturated carbocycles. The second-order valence-corrected chi connectivity index (χ2v) is 31.9. The number of ether oxygens (including phenoxy) is 4. The second kappa shape index (κ2) is 80.0. The summed E-state index contributed by atoms with van der Waals surface area (Å²) in [5, 5.41) is 9.79. The van der Waals surface area contributed by atoms with Gasteiger partial charge in [-0.1, -0.05) is 463 Å². The molecule has 1 N–H and O–H groups in total. The third-order valence-electron chi connectivity index (χ3n) is 20.9. The number of hydrogen-bond donors (Lipinski definition) is 1. The normalized spacial score (nSPS) is 12.5. The molecule has 0 aliphatic rings. The Morgan fingerprint density at radius 2 is 0.464 bits per heavy atom. The van der Waals surface area contributed by atoms with Crippen molar-refractivity contribution in [2.75, 3.05) is 47.5 Å². The van der Waals surface area contributed by atoms with Crippen LogP contribution in [0.5, 0.6) is 0 Å². The molecule has 0 aromatic rings. The van der Waals surface area contributed by atoms with Crippen LogP contribution >= 0.6 is 0 Å². The summed E-state index contributed by atoms with van der Waals surface area (Å²) in [5.41, 5.74) is 0. The Bertz CT molecular complexity index is 1550. The molecular formula is C88H174NO8+. The van der Waals surface area contributed by atoms with Crippen molar-refractivity contribution in [2.45, 2.75) is 501 Å². The van der Waals surface area contributed by atoms with E-state index in [-0.39, 0.29) is 38.2 Å². The van der Waals surface area contributed by atoms with Gasteiger partial charge in [-0.05, 0) is 12.8 Å². The van der Waals surface area contributed by atoms with E-state index in [0.29, 0.717) is 17.4 Å². The van der Waals surface area contributed by atoms with Crippen molar-refractivity contribution in [3.05, 3.63) is 0 Å². The summed E-state index contributed by atoms with van der Waals surface area (Å²) in [5.74, 6) is -1.96. The van der Waals surface area contributed by atoms with Gasteiger partial charge in [0.15, 0.2) is 6.10 Å². The largest absolute Gasteiger partial charge is 0.477 e. The summed E-state index contributed by atoms with van der Waals surface area (Å²) < 4.78 is 23.1. The number of carbonyl (C=O) groups is 3. The van der Waals surface area contributed by atoms with Gasteiger partial charge in [-0.2, -0.15) is 0 Å². The lowest BCUT2D eigenvalue weighted by molar-refractivity contribution is -0.870. The molecule has 0 aliphatic heterocycles. The summed E-state index contributed by atoms with van der Waals surface area (Å²) in [4.78, 5) is 37.8. The predicted octanol–water partition coefficient (Wildman–Crippen LogP) is 28.5. The monoisotopic (exact) mass is 1370 g/mol. The van der Waals surface area contributed by atoms with Crippen molar-refractivity contribution in [1.29, 1.82) is 0 Å². The number of carboxylic acids is 1. The molecule has 0 fully saturated rings. The molecule has 9 nitrogen and oxygen atoms in total. The summed E-state index contributed by atoms with van der Waals surface area (Å²) in [6, 6.07) is 0. The molecule has 0 aliphatic carbocycles. The van der Waals surface area contributed by atoms with Gasteiger partial charge in [0.25, 0.3) is 6.29 Å². The molecule has 0 aromatic heterocycles. The number of quaternary nitrogens is 1. The Morgan fingerprint density at radius 3 is 0.660 bits per heavy atom. The molecule has 0 radical (unpaired) electrons. The van der Waals surface area contributed by atoms with Crippen LogP contribution in [0.15, 0.2) is 0 Å². The highest BCUT2D eigenvalue weighted by molar-refractivity contribution is 5.71. The van der Waals surface area contributed by atoms with Crippen molar-refractivity contribution >= 4 is 17.9 Å². The Labute approximate surface area is 606 Å². The smallest absolute Gasteiger partial charge is 0.361 e. The lowest BCUT2D eigenvalue weighted by atomic mass is 10.0. The van der Waals surface area contributed by atoms with Crippen molar-refractivity contribution in [3.63, 3.8) is 0 Å². The minimum absolute atomic E-state index is 0.171. The van der Waals surface area contributed by atoms with Crippen LogP contribution < -0.4 is 0 Å². The number of rotatable bonds is 85. The third kappa shape index (κ3) is 81.5. The Balaban J connectivity index is 3.89. The topological polar surface area (TPSA) is 108 Å². The average Bonchev–Trinajstić information content (AvgIpc) is 3.61. The van der Waals surface area contributed by atoms with Crippen LogP contribution in [0.3, 0.4) is 0 Å². The van der Waals surface area contributed by atoms with Crippen LogP contribution in [0.2, 0.25) is 0 Å². The lowest BCUT2D eigenvalue weighted by Gasteiger charge is -2.25. The number of nitrogens with zero attached hydrogens (tertiary/aromatic N) is 1. The van der Waals surface area contributed by atoms with Crippen molar-refractivity contribution in [2.24, 2.45) is 0 Å². The molecule has 97 heavy (non-hydrogen) atoms. The van der Waals surface area contributed by atoms with E-state index in [4.69, 9.17) is 18.9 Å². The summed E-state index contributed by atoms with van der Waals surface area (Å²) in [6.45, 7) is 4.99. The fourth-order valence-electron chi connectivity index (χ4n) is 14.1. The molecular weight excluding hydrogens is 1200 g/mol. The fourth-order valence-corrected chi connectivity index (χ4v) is 14.1. The van der Waals surface area contributed by atoms with Gasteiger partial charge in [0.2, 0.25) is 0 Å². The summed E-state index contributed by atoms with van der Waals surface area (Å²) >= 11 is 0. The highest BCUT2D eigenvalue weighted by Crippen LogP contribution is 2.22. The Kier molecular flexibility index (Phi) is 78.6. The van der Waals surface area contributed by atoms with E-state index in [1.165, 1.54) is 424 Å². The van der Waals surface area contributed by atoms with E-state index in [9.17, 15) is 19.5 Å². The zero-order valence-electron chi connectivity index (χ0n) is 66.6. The van der Waals surface area contributed by atoms with Crippen LogP contribution in [0.25, 0.3) is 0 Å². The molecule has 2 unspecified atom stereocenters. The lowest BCUT2D eigenvalue weighted by Crippen LogP contribution is -2.40. The molecule has 0 aromatic carbocycles. The first-order valence-corrected chi connectivity index (χ1v) is 44.2. The predicted molar refractivity (Wildman–Crippen MR) is 420 cm³/mol. The Morgan fingerprint density at radius 1 is 0.268 bits per heavy atom. The van der Waals surface area contributed by atoms with Crippen LogP contribution in [-0.2, 0) is 33.3 Å². The fraction of sp³-hybridized carbons (Fsp3) is 0.966. The SMILES string of the molecule is CCCCCCCCCCCCCCCCCCCCCCCCCCCCCCCCCCCCCCC(=O)OCC(COC(OCC[N+](C)(C)C)C(=O)O)OC(=O)CCCCCCCCCCCCCCCCCCCCCCCCCCCCCCCCCCCCCC. The van der Waals surface area contributed by atoms with E-state index < -0.39 is 18.4 Å². The quantitative estimate of drug-likeness (QED) is 0.0278. The maximum absolute atomic E-state index is 13.0. The number of likely N-dealkylation sites (N-methyl/N-ethyl adjacent to an activating group) is 1. The number of aliphatic carboxylic acids is 1. The minimum atomic E-state index is -1.51. The molecule has 0 amide bonds. The molecule has 9 heteroatoms. The number of carboxylic acid groups (broad SMARTS) is 1. The van der Waals surface area contributed by atoms with Gasteiger partial charge in [-0.3, -0.25) is 9.59 Å². The molecule has 0 bridgehead atoms. The van der Waals surface area contributed by atoms with Crippen LogP contribution in [-0.4, -0.2) is 87.4 Å². The zero-order chi connectivity index (χ0) is 70.4. The van der Waals surface area contributed by atoms with E-state index in [1.54, 1.807) is 0 Å². The van der Waals surface area contributed by atoms with Gasteiger partial charge in [-0.15, -0.1) is 0 Å². The summed E-state index contributed by atoms with van der Waals surface area (Å²) in [7, 11) is 6.01. The van der Waals surface area contributed by atoms with Gasteiger partial charge < -0.3 is 28.5 Å². The van der Waals surface area contributed by atoms with Gasteiger partial charge in [0.05, 0.1) is 34.4 Å². The molecule has 578 valence electrons. The van der Waals surface area contributed by atoms with Gasteiger partial charge >= 0.3 is 17.9 Å². The second-order valence-electron chi connectivity index (χ2n) is 31.9. The van der Waals surface area contributed by atoms with E-state index in [0.717, 1.165) is 38.5 Å². The van der Waals surface area contributed by atoms with Crippen molar-refractivity contribution in [3.8, 4) is 0 Å². The third-order valence-corrected chi connectivity index (χ3v) is 20.9. The first kappa shape index (κ1) is 95.3. The molecule has 0 rings (SSSR count). The Hall–Kier alpha value is -1.71. The minimum Gasteiger partial charge on any atom is -0.477 e. The highest BCUT2D eigenvalue weighted by Gasteiger charge is 2.25. The van der Waals surface area contributed by atoms with Gasteiger partial charge in [0, 0.05) is 12.8 Å². The van der Waals surface area contributed by atoms with Gasteiger partial charge in [-0.25, -0.2) is 4.79 Å². The maximum atomic E-state index is 13.0. The first-order valence-electron chi connectivity index (χ1n) is 44.2. The maximum Gasteiger partial charge on any atom is 0.361 e. The number of esters is 2.